The summed E-state index contributed by atoms with van der Waals surface area (Å²) in [6.45, 7) is 14.9. The van der Waals surface area contributed by atoms with Crippen LogP contribution < -0.4 is 15.0 Å². The molecule has 0 aliphatic rings. The lowest BCUT2D eigenvalue weighted by Gasteiger charge is -2.21. The molecule has 0 aliphatic carbocycles. The van der Waals surface area contributed by atoms with Crippen molar-refractivity contribution in [2.75, 3.05) is 6.61 Å². The first-order chi connectivity index (χ1) is 18.6. The topological polar surface area (TPSA) is 65.7 Å². The molecule has 4 rings (SSSR count). The molecule has 1 aromatic heterocycles. The van der Waals surface area contributed by atoms with Crippen molar-refractivity contribution in [3.05, 3.63) is 110 Å². The number of rotatable bonds is 9. The lowest BCUT2D eigenvalue weighted by molar-refractivity contribution is 0.267. The molecule has 0 fully saturated rings. The van der Waals surface area contributed by atoms with E-state index in [1.807, 2.05) is 70.2 Å². The molecule has 0 unspecified atom stereocenters. The lowest BCUT2D eigenvalue weighted by atomic mass is 9.95. The highest BCUT2D eigenvalue weighted by atomic mass is 79.9. The number of halogens is 1. The summed E-state index contributed by atoms with van der Waals surface area (Å²) in [4.78, 5) is 18.3. The van der Waals surface area contributed by atoms with E-state index in [0.29, 0.717) is 47.9 Å². The van der Waals surface area contributed by atoms with Crippen LogP contribution in [-0.2, 0) is 18.4 Å². The van der Waals surface area contributed by atoms with E-state index in [1.54, 1.807) is 12.3 Å². The van der Waals surface area contributed by atoms with Crippen molar-refractivity contribution in [1.29, 1.82) is 0 Å². The zero-order chi connectivity index (χ0) is 28.2. The van der Waals surface area contributed by atoms with Gasteiger partial charge in [-0.25, -0.2) is 4.98 Å². The van der Waals surface area contributed by atoms with Crippen molar-refractivity contribution >= 4 is 33.0 Å². The van der Waals surface area contributed by atoms with Gasteiger partial charge in [0.05, 0.1) is 23.7 Å². The van der Waals surface area contributed by atoms with Gasteiger partial charge in [0.15, 0.2) is 11.5 Å². The highest BCUT2D eigenvalue weighted by Crippen LogP contribution is 2.34. The van der Waals surface area contributed by atoms with E-state index in [2.05, 4.69) is 46.7 Å². The van der Waals surface area contributed by atoms with Crippen LogP contribution >= 0.6 is 15.9 Å². The zero-order valence-electron chi connectivity index (χ0n) is 23.1. The van der Waals surface area contributed by atoms with Crippen LogP contribution in [0.2, 0.25) is 0 Å². The van der Waals surface area contributed by atoms with Crippen molar-refractivity contribution in [3.63, 3.8) is 0 Å². The number of aryl methyl sites for hydroxylation is 1. The summed E-state index contributed by atoms with van der Waals surface area (Å²) < 4.78 is 14.5. The Morgan fingerprint density at radius 2 is 1.90 bits per heavy atom. The molecule has 3 aromatic carbocycles. The van der Waals surface area contributed by atoms with Gasteiger partial charge in [0.1, 0.15) is 12.4 Å². The van der Waals surface area contributed by atoms with Crippen molar-refractivity contribution in [1.82, 2.24) is 9.66 Å². The number of nitrogens with zero attached hydrogens (tertiary/aromatic N) is 3. The second-order valence-electron chi connectivity index (χ2n) is 10.4. The van der Waals surface area contributed by atoms with Gasteiger partial charge in [-0.1, -0.05) is 72.6 Å². The normalized spacial score (nSPS) is 11.7. The van der Waals surface area contributed by atoms with Crippen molar-refractivity contribution < 1.29 is 9.47 Å². The number of fused-ring (bicyclic) bond motifs is 1. The Labute approximate surface area is 238 Å². The van der Waals surface area contributed by atoms with Crippen LogP contribution in [0.1, 0.15) is 55.8 Å². The number of allylic oxidation sites excluding steroid dienone is 1. The zero-order valence-corrected chi connectivity index (χ0v) is 24.7. The minimum Gasteiger partial charge on any atom is -0.490 e. The molecule has 0 saturated carbocycles. The van der Waals surface area contributed by atoms with E-state index in [4.69, 9.17) is 14.5 Å². The maximum atomic E-state index is 13.5. The quantitative estimate of drug-likeness (QED) is 0.152. The molecule has 6 nitrogen and oxygen atoms in total. The number of ether oxygens (including phenoxy) is 2. The first kappa shape index (κ1) is 28.3. The number of aromatic nitrogens is 2. The largest absolute Gasteiger partial charge is 0.490 e. The fraction of sp³-hybridized carbons (Fsp3) is 0.281. The Morgan fingerprint density at radius 3 is 2.59 bits per heavy atom. The van der Waals surface area contributed by atoms with E-state index >= 15 is 0 Å². The van der Waals surface area contributed by atoms with E-state index in [0.717, 1.165) is 21.2 Å². The Bertz CT molecular complexity index is 1600. The van der Waals surface area contributed by atoms with Crippen LogP contribution in [0, 0.1) is 6.92 Å². The first-order valence-electron chi connectivity index (χ1n) is 13.0. The Kier molecular flexibility index (Phi) is 8.70. The summed E-state index contributed by atoms with van der Waals surface area (Å²) in [6, 6.07) is 17.6. The third-order valence-electron chi connectivity index (χ3n) is 6.09. The maximum absolute atomic E-state index is 13.5. The van der Waals surface area contributed by atoms with E-state index in [-0.39, 0.29) is 5.56 Å². The van der Waals surface area contributed by atoms with Gasteiger partial charge in [-0.2, -0.15) is 9.78 Å². The molecule has 1 heterocycles. The van der Waals surface area contributed by atoms with Crippen molar-refractivity contribution in [2.45, 2.75) is 53.1 Å². The molecule has 202 valence electrons. The molecular formula is C32H34BrN3O3. The van der Waals surface area contributed by atoms with Gasteiger partial charge in [-0.05, 0) is 61.7 Å². The van der Waals surface area contributed by atoms with Gasteiger partial charge >= 0.3 is 0 Å². The number of hydrogen-bond acceptors (Lipinski definition) is 5. The summed E-state index contributed by atoms with van der Waals surface area (Å²) in [5, 5.41) is 5.13. The van der Waals surface area contributed by atoms with Crippen LogP contribution in [0.15, 0.2) is 81.6 Å². The molecule has 0 radical (unpaired) electrons. The second-order valence-corrected chi connectivity index (χ2v) is 11.3. The van der Waals surface area contributed by atoms with Gasteiger partial charge in [0.25, 0.3) is 5.56 Å². The molecular weight excluding hydrogens is 554 g/mol. The third kappa shape index (κ3) is 6.66. The lowest BCUT2D eigenvalue weighted by Crippen LogP contribution is -2.29. The smallest absolute Gasteiger partial charge is 0.282 e. The Balaban J connectivity index is 1.78. The minimum atomic E-state index is -0.407. The summed E-state index contributed by atoms with van der Waals surface area (Å²) in [5.74, 6) is 1.88. The van der Waals surface area contributed by atoms with Crippen LogP contribution in [-0.4, -0.2) is 22.5 Å². The molecule has 0 amide bonds. The molecule has 4 aromatic rings. The Hall–Kier alpha value is -3.71. The molecule has 0 bridgehead atoms. The molecule has 0 saturated heterocycles. The van der Waals surface area contributed by atoms with Crippen LogP contribution in [0.5, 0.6) is 11.5 Å². The highest BCUT2D eigenvalue weighted by Gasteiger charge is 2.23. The van der Waals surface area contributed by atoms with Gasteiger partial charge < -0.3 is 9.47 Å². The van der Waals surface area contributed by atoms with Crippen LogP contribution in [0.3, 0.4) is 0 Å². The Morgan fingerprint density at radius 1 is 1.10 bits per heavy atom. The average molecular weight is 589 g/mol. The van der Waals surface area contributed by atoms with E-state index < -0.39 is 5.41 Å². The predicted octanol–water partition coefficient (Wildman–Crippen LogP) is 7.35. The standard InChI is InChI=1S/C32H34BrN3O3/c1-7-10-24-16-23(17-28(38-8-2)29(24)39-20-22-12-9-11-21(3)15-22)19-34-36-30(37)26-18-25(33)13-14-27(26)35-31(36)32(4,5)6/h7,9,11-19H,1,8,10,20H2,2-6H3. The monoisotopic (exact) mass is 587 g/mol. The van der Waals surface area contributed by atoms with Gasteiger partial charge in [0.2, 0.25) is 0 Å². The molecule has 0 spiro atoms. The first-order valence-corrected chi connectivity index (χ1v) is 13.8. The highest BCUT2D eigenvalue weighted by molar-refractivity contribution is 9.10. The summed E-state index contributed by atoms with van der Waals surface area (Å²) in [6.07, 6.45) is 4.09. The summed E-state index contributed by atoms with van der Waals surface area (Å²) >= 11 is 3.46. The molecule has 0 aliphatic heterocycles. The van der Waals surface area contributed by atoms with Crippen LogP contribution in [0.25, 0.3) is 10.9 Å². The molecule has 7 heteroatoms. The minimum absolute atomic E-state index is 0.225. The SMILES string of the molecule is C=CCc1cc(C=Nn2c(C(C)(C)C)nc3ccc(Br)cc3c2=O)cc(OCC)c1OCc1cccc(C)c1. The average Bonchev–Trinajstić information content (AvgIpc) is 2.87. The van der Waals surface area contributed by atoms with Gasteiger partial charge in [0, 0.05) is 15.5 Å². The van der Waals surface area contributed by atoms with Gasteiger partial charge in [-0.15, -0.1) is 6.58 Å². The molecule has 0 atom stereocenters. The fourth-order valence-corrected chi connectivity index (χ4v) is 4.68. The third-order valence-corrected chi connectivity index (χ3v) is 6.58. The van der Waals surface area contributed by atoms with Crippen molar-refractivity contribution in [3.8, 4) is 11.5 Å². The summed E-state index contributed by atoms with van der Waals surface area (Å²) in [5.41, 5.74) is 3.97. The van der Waals surface area contributed by atoms with E-state index in [1.165, 1.54) is 10.2 Å². The van der Waals surface area contributed by atoms with Crippen molar-refractivity contribution in [2.24, 2.45) is 5.10 Å². The molecule has 0 N–H and O–H groups in total. The number of benzene rings is 3. The maximum Gasteiger partial charge on any atom is 0.282 e. The summed E-state index contributed by atoms with van der Waals surface area (Å²) in [7, 11) is 0. The van der Waals surface area contributed by atoms with Gasteiger partial charge in [-0.3, -0.25) is 4.79 Å². The second kappa shape index (κ2) is 12.0. The fourth-order valence-electron chi connectivity index (χ4n) is 4.31. The van der Waals surface area contributed by atoms with Crippen LogP contribution in [0.4, 0.5) is 0 Å². The predicted molar refractivity (Wildman–Crippen MR) is 162 cm³/mol. The molecule has 39 heavy (non-hydrogen) atoms. The number of hydrogen-bond donors (Lipinski definition) is 0. The van der Waals surface area contributed by atoms with E-state index in [9.17, 15) is 4.79 Å².